The summed E-state index contributed by atoms with van der Waals surface area (Å²) in [6, 6.07) is 13.5. The van der Waals surface area contributed by atoms with Crippen LogP contribution in [0, 0.1) is 0 Å². The van der Waals surface area contributed by atoms with Crippen molar-refractivity contribution in [2.75, 3.05) is 5.75 Å². The highest BCUT2D eigenvalue weighted by Gasteiger charge is 2.17. The van der Waals surface area contributed by atoms with Gasteiger partial charge in [0.15, 0.2) is 16.8 Å². The summed E-state index contributed by atoms with van der Waals surface area (Å²) in [7, 11) is 1.90. The summed E-state index contributed by atoms with van der Waals surface area (Å²) in [5.41, 5.74) is 3.91. The van der Waals surface area contributed by atoms with Crippen LogP contribution in [0.5, 0.6) is 0 Å². The summed E-state index contributed by atoms with van der Waals surface area (Å²) in [6.07, 6.45) is 2.73. The fourth-order valence-corrected chi connectivity index (χ4v) is 4.16. The Bertz CT molecular complexity index is 1150. The molecule has 0 amide bonds. The maximum absolute atomic E-state index is 12.8. The Morgan fingerprint density at radius 2 is 1.96 bits per heavy atom. The van der Waals surface area contributed by atoms with Gasteiger partial charge in [0.2, 0.25) is 0 Å². The van der Waals surface area contributed by atoms with Gasteiger partial charge in [-0.1, -0.05) is 48.5 Å². The molecule has 4 rings (SSSR count). The molecular formula is C21H19ClN4OS. The van der Waals surface area contributed by atoms with E-state index >= 15 is 0 Å². The Morgan fingerprint density at radius 3 is 2.71 bits per heavy atom. The first-order chi connectivity index (χ1) is 13.6. The van der Waals surface area contributed by atoms with Crippen LogP contribution in [0.1, 0.15) is 22.8 Å². The largest absolute Gasteiger partial charge is 0.360 e. The molecule has 1 N–H and O–H groups in total. The molecule has 2 aromatic carbocycles. The quantitative estimate of drug-likeness (QED) is 0.352. The second-order valence-corrected chi connectivity index (χ2v) is 7.86. The second kappa shape index (κ2) is 7.81. The number of halogens is 1. The Hall–Kier alpha value is -2.57. The normalized spacial score (nSPS) is 11.2. The zero-order valence-electron chi connectivity index (χ0n) is 15.6. The van der Waals surface area contributed by atoms with E-state index in [0.717, 1.165) is 34.3 Å². The maximum atomic E-state index is 12.8. The van der Waals surface area contributed by atoms with Crippen molar-refractivity contribution in [2.24, 2.45) is 7.05 Å². The van der Waals surface area contributed by atoms with E-state index in [-0.39, 0.29) is 5.78 Å². The fourth-order valence-electron chi connectivity index (χ4n) is 3.24. The molecule has 0 atom stereocenters. The number of Topliss-reactive ketones (excluding diaryl/α,β-unsaturated/α-hetero) is 1. The number of nitrogens with zero attached hydrogens (tertiary/aromatic N) is 3. The zero-order valence-corrected chi connectivity index (χ0v) is 17.1. The number of rotatable bonds is 6. The molecule has 0 aliphatic heterocycles. The van der Waals surface area contributed by atoms with Crippen molar-refractivity contribution in [2.45, 2.75) is 18.5 Å². The van der Waals surface area contributed by atoms with Crippen molar-refractivity contribution in [1.82, 2.24) is 19.7 Å². The van der Waals surface area contributed by atoms with Gasteiger partial charge in [0.05, 0.1) is 5.75 Å². The average Bonchev–Trinajstić information content (AvgIpc) is 3.30. The van der Waals surface area contributed by atoms with Gasteiger partial charge >= 0.3 is 0 Å². The lowest BCUT2D eigenvalue weighted by Crippen LogP contribution is -2.03. The van der Waals surface area contributed by atoms with E-state index in [1.54, 1.807) is 0 Å². The maximum Gasteiger partial charge on any atom is 0.191 e. The van der Waals surface area contributed by atoms with Crippen LogP contribution in [-0.4, -0.2) is 31.3 Å². The Labute approximate surface area is 172 Å². The third kappa shape index (κ3) is 3.45. The highest BCUT2D eigenvalue weighted by Crippen LogP contribution is 2.27. The van der Waals surface area contributed by atoms with Crippen LogP contribution in [0.25, 0.3) is 22.3 Å². The van der Waals surface area contributed by atoms with Crippen molar-refractivity contribution in [1.29, 1.82) is 0 Å². The van der Waals surface area contributed by atoms with Gasteiger partial charge in [-0.15, -0.1) is 10.2 Å². The SMILES string of the molecule is CCc1cccc2c(C(=O)CSc3nnc(-c4ccc(Cl)cc4)n3C)c[nH]c12. The predicted molar refractivity (Wildman–Crippen MR) is 114 cm³/mol. The number of fused-ring (bicyclic) bond motifs is 1. The monoisotopic (exact) mass is 410 g/mol. The molecule has 0 aliphatic rings. The molecule has 0 bridgehead atoms. The van der Waals surface area contributed by atoms with Gasteiger partial charge in [0.25, 0.3) is 0 Å². The van der Waals surface area contributed by atoms with Crippen LogP contribution in [0.2, 0.25) is 5.02 Å². The van der Waals surface area contributed by atoms with Crippen LogP contribution in [0.3, 0.4) is 0 Å². The van der Waals surface area contributed by atoms with Gasteiger partial charge in [-0.25, -0.2) is 0 Å². The van der Waals surface area contributed by atoms with Gasteiger partial charge in [-0.3, -0.25) is 4.79 Å². The van der Waals surface area contributed by atoms with Gasteiger partial charge in [0, 0.05) is 40.3 Å². The molecule has 7 heteroatoms. The number of nitrogens with one attached hydrogen (secondary N) is 1. The summed E-state index contributed by atoms with van der Waals surface area (Å²) < 4.78 is 1.89. The second-order valence-electron chi connectivity index (χ2n) is 6.48. The number of H-pyrrole nitrogens is 1. The van der Waals surface area contributed by atoms with Crippen LogP contribution in [0.4, 0.5) is 0 Å². The molecule has 0 saturated heterocycles. The first-order valence-electron chi connectivity index (χ1n) is 8.98. The number of thioether (sulfide) groups is 1. The van der Waals surface area contributed by atoms with Crippen LogP contribution >= 0.6 is 23.4 Å². The van der Waals surface area contributed by atoms with E-state index < -0.39 is 0 Å². The van der Waals surface area contributed by atoms with Gasteiger partial charge in [-0.2, -0.15) is 0 Å². The number of benzene rings is 2. The number of hydrogen-bond acceptors (Lipinski definition) is 4. The lowest BCUT2D eigenvalue weighted by molar-refractivity contribution is 0.102. The van der Waals surface area contributed by atoms with Gasteiger partial charge in [0.1, 0.15) is 0 Å². The lowest BCUT2D eigenvalue weighted by Gasteiger charge is -2.04. The molecule has 5 nitrogen and oxygen atoms in total. The molecule has 0 spiro atoms. The minimum Gasteiger partial charge on any atom is -0.360 e. The van der Waals surface area contributed by atoms with E-state index in [1.165, 1.54) is 17.3 Å². The molecule has 0 aliphatic carbocycles. The number of hydrogen-bond donors (Lipinski definition) is 1. The van der Waals surface area contributed by atoms with E-state index in [0.29, 0.717) is 15.9 Å². The highest BCUT2D eigenvalue weighted by molar-refractivity contribution is 7.99. The van der Waals surface area contributed by atoms with Crippen molar-refractivity contribution in [3.8, 4) is 11.4 Å². The Morgan fingerprint density at radius 1 is 1.18 bits per heavy atom. The Balaban J connectivity index is 1.52. The van der Waals surface area contributed by atoms with E-state index in [2.05, 4.69) is 28.2 Å². The Kier molecular flexibility index (Phi) is 5.24. The predicted octanol–water partition coefficient (Wildman–Crippen LogP) is 5.15. The highest BCUT2D eigenvalue weighted by atomic mass is 35.5. The minimum atomic E-state index is 0.0699. The number of carbonyl (C=O) groups is 1. The molecule has 0 radical (unpaired) electrons. The minimum absolute atomic E-state index is 0.0699. The number of aryl methyl sites for hydroxylation is 1. The number of aromatic amines is 1. The molecule has 28 heavy (non-hydrogen) atoms. The van der Waals surface area contributed by atoms with E-state index in [9.17, 15) is 4.79 Å². The number of aromatic nitrogens is 4. The van der Waals surface area contributed by atoms with Crippen LogP contribution in [0.15, 0.2) is 53.8 Å². The first kappa shape index (κ1) is 18.8. The van der Waals surface area contributed by atoms with E-state index in [4.69, 9.17) is 11.6 Å². The summed E-state index contributed by atoms with van der Waals surface area (Å²) in [5.74, 6) is 1.11. The van der Waals surface area contributed by atoms with Crippen molar-refractivity contribution >= 4 is 40.0 Å². The van der Waals surface area contributed by atoms with Gasteiger partial charge in [-0.05, 0) is 36.2 Å². The van der Waals surface area contributed by atoms with Crippen molar-refractivity contribution < 1.29 is 4.79 Å². The molecule has 0 saturated carbocycles. The number of para-hydroxylation sites is 1. The molecular weight excluding hydrogens is 392 g/mol. The first-order valence-corrected chi connectivity index (χ1v) is 10.3. The molecule has 4 aromatic rings. The molecule has 142 valence electrons. The van der Waals surface area contributed by atoms with Crippen LogP contribution in [-0.2, 0) is 13.5 Å². The zero-order chi connectivity index (χ0) is 19.7. The fraction of sp³-hybridized carbons (Fsp3) is 0.190. The topological polar surface area (TPSA) is 63.6 Å². The van der Waals surface area contributed by atoms with Crippen molar-refractivity contribution in [3.63, 3.8) is 0 Å². The van der Waals surface area contributed by atoms with Crippen LogP contribution < -0.4 is 0 Å². The third-order valence-corrected chi connectivity index (χ3v) is 6.02. The lowest BCUT2D eigenvalue weighted by atomic mass is 10.1. The summed E-state index contributed by atoms with van der Waals surface area (Å²) >= 11 is 7.34. The van der Waals surface area contributed by atoms with Crippen molar-refractivity contribution in [3.05, 3.63) is 64.8 Å². The summed E-state index contributed by atoms with van der Waals surface area (Å²) in [6.45, 7) is 2.11. The smallest absolute Gasteiger partial charge is 0.191 e. The average molecular weight is 411 g/mol. The molecule has 2 aromatic heterocycles. The molecule has 0 unspecified atom stereocenters. The summed E-state index contributed by atoms with van der Waals surface area (Å²) in [5, 5.41) is 10.9. The van der Waals surface area contributed by atoms with Gasteiger partial charge < -0.3 is 9.55 Å². The molecule has 2 heterocycles. The number of carbonyl (C=O) groups excluding carboxylic acids is 1. The molecule has 0 fully saturated rings. The number of ketones is 1. The van der Waals surface area contributed by atoms with E-state index in [1.807, 2.05) is 54.2 Å². The summed E-state index contributed by atoms with van der Waals surface area (Å²) in [4.78, 5) is 16.1. The third-order valence-electron chi connectivity index (χ3n) is 4.75. The standard InChI is InChI=1S/C21H19ClN4OS/c1-3-13-5-4-6-16-17(11-23-19(13)16)18(27)12-28-21-25-24-20(26(21)2)14-7-9-15(22)10-8-14/h4-11,23H,3,12H2,1-2H3.